The fourth-order valence-electron chi connectivity index (χ4n) is 1.16. The van der Waals surface area contributed by atoms with Crippen molar-refractivity contribution in [3.63, 3.8) is 0 Å². The van der Waals surface area contributed by atoms with Gasteiger partial charge in [0.25, 0.3) is 5.91 Å². The van der Waals surface area contributed by atoms with Gasteiger partial charge in [-0.3, -0.25) is 9.59 Å². The molecule has 0 saturated heterocycles. The van der Waals surface area contributed by atoms with Crippen molar-refractivity contribution in [2.75, 3.05) is 19.8 Å². The van der Waals surface area contributed by atoms with E-state index in [4.69, 9.17) is 10.5 Å². The van der Waals surface area contributed by atoms with E-state index >= 15 is 0 Å². The van der Waals surface area contributed by atoms with Crippen LogP contribution in [0.15, 0.2) is 24.3 Å². The van der Waals surface area contributed by atoms with Crippen molar-refractivity contribution in [2.24, 2.45) is 5.73 Å². The first-order chi connectivity index (χ1) is 8.09. The zero-order valence-corrected chi connectivity index (χ0v) is 9.18. The summed E-state index contributed by atoms with van der Waals surface area (Å²) in [6, 6.07) is 6.00. The predicted molar refractivity (Wildman–Crippen MR) is 60.5 cm³/mol. The molecule has 6 nitrogen and oxygen atoms in total. The highest BCUT2D eigenvalue weighted by atomic mass is 16.5. The van der Waals surface area contributed by atoms with E-state index in [1.54, 1.807) is 12.1 Å². The summed E-state index contributed by atoms with van der Waals surface area (Å²) in [5.41, 5.74) is 5.22. The average molecular weight is 238 g/mol. The van der Waals surface area contributed by atoms with E-state index in [-0.39, 0.29) is 31.4 Å². The third kappa shape index (κ3) is 4.98. The number of phenolic OH excluding ortho intramolecular Hbond substituents is 1. The van der Waals surface area contributed by atoms with E-state index in [0.717, 1.165) is 0 Å². The summed E-state index contributed by atoms with van der Waals surface area (Å²) < 4.78 is 4.87. The fraction of sp³-hybridized carbons (Fsp3) is 0.273. The summed E-state index contributed by atoms with van der Waals surface area (Å²) >= 11 is 0. The van der Waals surface area contributed by atoms with Gasteiger partial charge in [-0.25, -0.2) is 0 Å². The maximum atomic E-state index is 11.5. The Morgan fingerprint density at radius 1 is 1.41 bits per heavy atom. The number of nitrogens with one attached hydrogen (secondary N) is 1. The van der Waals surface area contributed by atoms with Crippen molar-refractivity contribution in [3.8, 4) is 5.75 Å². The number of hydrogen-bond acceptors (Lipinski definition) is 4. The molecule has 0 heterocycles. The first kappa shape index (κ1) is 13.0. The maximum absolute atomic E-state index is 11.5. The molecule has 0 aromatic heterocycles. The van der Waals surface area contributed by atoms with Crippen LogP contribution in [0.1, 0.15) is 10.4 Å². The van der Waals surface area contributed by atoms with Gasteiger partial charge in [0.05, 0.1) is 6.61 Å². The van der Waals surface area contributed by atoms with E-state index < -0.39 is 5.91 Å². The van der Waals surface area contributed by atoms with Crippen molar-refractivity contribution in [1.29, 1.82) is 0 Å². The molecule has 0 aliphatic carbocycles. The van der Waals surface area contributed by atoms with Gasteiger partial charge in [0.15, 0.2) is 0 Å². The van der Waals surface area contributed by atoms with Crippen LogP contribution in [0.25, 0.3) is 0 Å². The van der Waals surface area contributed by atoms with E-state index in [9.17, 15) is 14.7 Å². The van der Waals surface area contributed by atoms with Crippen LogP contribution in [0, 0.1) is 0 Å². The van der Waals surface area contributed by atoms with Crippen molar-refractivity contribution in [1.82, 2.24) is 5.32 Å². The highest BCUT2D eigenvalue weighted by Gasteiger charge is 2.04. The lowest BCUT2D eigenvalue weighted by Crippen LogP contribution is -2.28. The van der Waals surface area contributed by atoms with Gasteiger partial charge in [-0.2, -0.15) is 0 Å². The third-order valence-electron chi connectivity index (χ3n) is 1.88. The third-order valence-corrected chi connectivity index (χ3v) is 1.88. The number of nitrogens with two attached hydrogens (primary N) is 1. The summed E-state index contributed by atoms with van der Waals surface area (Å²) in [5, 5.41) is 11.7. The highest BCUT2D eigenvalue weighted by Crippen LogP contribution is 2.10. The molecule has 4 N–H and O–H groups in total. The molecule has 6 heteroatoms. The maximum Gasteiger partial charge on any atom is 0.251 e. The van der Waals surface area contributed by atoms with Crippen molar-refractivity contribution >= 4 is 11.8 Å². The molecular weight excluding hydrogens is 224 g/mol. The van der Waals surface area contributed by atoms with Gasteiger partial charge >= 0.3 is 0 Å². The Hall–Kier alpha value is -2.08. The minimum atomic E-state index is -0.552. The summed E-state index contributed by atoms with van der Waals surface area (Å²) in [6.45, 7) is 0.303. The van der Waals surface area contributed by atoms with Crippen molar-refractivity contribution in [3.05, 3.63) is 29.8 Å². The Bertz CT molecular complexity index is 406. The van der Waals surface area contributed by atoms with Gasteiger partial charge in [0, 0.05) is 12.1 Å². The second-order valence-corrected chi connectivity index (χ2v) is 3.33. The largest absolute Gasteiger partial charge is 0.508 e. The quantitative estimate of drug-likeness (QED) is 0.588. The fourth-order valence-corrected chi connectivity index (χ4v) is 1.16. The molecular formula is C11H14N2O4. The minimum Gasteiger partial charge on any atom is -0.508 e. The van der Waals surface area contributed by atoms with Crippen LogP contribution in [0.2, 0.25) is 0 Å². The molecule has 0 saturated carbocycles. The molecule has 2 amide bonds. The average Bonchev–Trinajstić information content (AvgIpc) is 2.28. The van der Waals surface area contributed by atoms with Crippen molar-refractivity contribution in [2.45, 2.75) is 0 Å². The zero-order chi connectivity index (χ0) is 12.7. The molecule has 1 aromatic rings. The first-order valence-electron chi connectivity index (χ1n) is 5.03. The minimum absolute atomic E-state index is 0.0302. The van der Waals surface area contributed by atoms with Crippen LogP contribution in [-0.2, 0) is 9.53 Å². The van der Waals surface area contributed by atoms with Crippen LogP contribution in [-0.4, -0.2) is 36.7 Å². The zero-order valence-electron chi connectivity index (χ0n) is 9.18. The van der Waals surface area contributed by atoms with Crippen LogP contribution >= 0.6 is 0 Å². The van der Waals surface area contributed by atoms with Crippen LogP contribution < -0.4 is 11.1 Å². The summed E-state index contributed by atoms with van der Waals surface area (Å²) in [5.74, 6) is -0.837. The van der Waals surface area contributed by atoms with Crippen LogP contribution in [0.3, 0.4) is 0 Å². The molecule has 0 aliphatic heterocycles. The summed E-state index contributed by atoms with van der Waals surface area (Å²) in [4.78, 5) is 21.9. The molecule has 1 rings (SSSR count). The number of phenols is 1. The van der Waals surface area contributed by atoms with Crippen molar-refractivity contribution < 1.29 is 19.4 Å². The lowest BCUT2D eigenvalue weighted by molar-refractivity contribution is -0.122. The Labute approximate surface area is 98.4 Å². The number of ether oxygens (including phenoxy) is 1. The molecule has 0 atom stereocenters. The number of hydrogen-bond donors (Lipinski definition) is 3. The lowest BCUT2D eigenvalue weighted by Gasteiger charge is -2.05. The Balaban J connectivity index is 2.28. The molecule has 0 unspecified atom stereocenters. The highest BCUT2D eigenvalue weighted by molar-refractivity contribution is 5.94. The predicted octanol–water partition coefficient (Wildman–Crippen LogP) is -0.376. The molecule has 0 fully saturated rings. The number of amides is 2. The standard InChI is InChI=1S/C11H14N2O4/c12-10(15)7-17-5-4-13-11(16)8-2-1-3-9(14)6-8/h1-3,6,14H,4-5,7H2,(H2,12,15)(H,13,16). The van der Waals surface area contributed by atoms with Gasteiger partial charge < -0.3 is 20.9 Å². The Morgan fingerprint density at radius 2 is 2.18 bits per heavy atom. The SMILES string of the molecule is NC(=O)COCCNC(=O)c1cccc(O)c1. The molecule has 0 spiro atoms. The van der Waals surface area contributed by atoms with Crippen LogP contribution in [0.4, 0.5) is 0 Å². The number of rotatable bonds is 6. The van der Waals surface area contributed by atoms with Gasteiger partial charge in [-0.05, 0) is 18.2 Å². The van der Waals surface area contributed by atoms with E-state index in [2.05, 4.69) is 5.32 Å². The molecule has 1 aromatic carbocycles. The smallest absolute Gasteiger partial charge is 0.251 e. The van der Waals surface area contributed by atoms with Gasteiger partial charge in [0.2, 0.25) is 5.91 Å². The van der Waals surface area contributed by atoms with Crippen LogP contribution in [0.5, 0.6) is 5.75 Å². The molecule has 92 valence electrons. The molecule has 17 heavy (non-hydrogen) atoms. The molecule has 0 bridgehead atoms. The number of carbonyl (C=O) groups excluding carboxylic acids is 2. The van der Waals surface area contributed by atoms with E-state index in [1.165, 1.54) is 12.1 Å². The molecule has 0 aliphatic rings. The van der Waals surface area contributed by atoms with E-state index in [1.807, 2.05) is 0 Å². The summed E-state index contributed by atoms with van der Waals surface area (Å²) in [7, 11) is 0. The topological polar surface area (TPSA) is 102 Å². The second kappa shape index (κ2) is 6.49. The van der Waals surface area contributed by atoms with E-state index in [0.29, 0.717) is 5.56 Å². The number of primary amides is 1. The monoisotopic (exact) mass is 238 g/mol. The van der Waals surface area contributed by atoms with Gasteiger partial charge in [-0.15, -0.1) is 0 Å². The Morgan fingerprint density at radius 3 is 2.82 bits per heavy atom. The van der Waals surface area contributed by atoms with Gasteiger partial charge in [-0.1, -0.05) is 6.07 Å². The number of carbonyl (C=O) groups is 2. The second-order valence-electron chi connectivity index (χ2n) is 3.33. The first-order valence-corrected chi connectivity index (χ1v) is 5.03. The lowest BCUT2D eigenvalue weighted by atomic mass is 10.2. The Kier molecular flexibility index (Phi) is 4.96. The number of aromatic hydroxyl groups is 1. The normalized spacial score (nSPS) is 9.88. The summed E-state index contributed by atoms with van der Waals surface area (Å²) in [6.07, 6.45) is 0. The molecule has 0 radical (unpaired) electrons. The number of benzene rings is 1. The van der Waals surface area contributed by atoms with Gasteiger partial charge in [0.1, 0.15) is 12.4 Å².